The van der Waals surface area contributed by atoms with Gasteiger partial charge in [-0.05, 0) is 87.4 Å². The third-order valence-corrected chi connectivity index (χ3v) is 11.4. The molecule has 0 saturated heterocycles. The highest BCUT2D eigenvalue weighted by atomic mass is 17.2. The zero-order valence-corrected chi connectivity index (χ0v) is 43.4. The largest absolute Gasteiger partial charge is 0.343 e. The van der Waals surface area contributed by atoms with Crippen LogP contribution in [0.2, 0.25) is 0 Å². The topological polar surface area (TPSA) is 231 Å². The van der Waals surface area contributed by atoms with Crippen LogP contribution in [0.3, 0.4) is 0 Å². The Hall–Kier alpha value is -6.92. The fraction of sp³-hybridized carbons (Fsp3) is 0.379. The van der Waals surface area contributed by atoms with Gasteiger partial charge in [0.15, 0.2) is 11.6 Å². The molecular formula is C58H76N8O8. The predicted octanol–water partition coefficient (Wildman–Crippen LogP) is 6.86. The van der Waals surface area contributed by atoms with Gasteiger partial charge >= 0.3 is 0 Å². The number of amides is 4. The molecule has 74 heavy (non-hydrogen) atoms. The number of nitrogens with two attached hydrogens (primary N) is 1. The molecule has 16 nitrogen and oxygen atoms in total. The number of benzene rings is 5. The summed E-state index contributed by atoms with van der Waals surface area (Å²) in [6, 6.07) is 43.0. The molecule has 0 fully saturated rings. The van der Waals surface area contributed by atoms with Crippen LogP contribution in [0.4, 0.5) is 11.4 Å². The highest BCUT2D eigenvalue weighted by Crippen LogP contribution is 2.13. The smallest absolute Gasteiger partial charge is 0.246 e. The lowest BCUT2D eigenvalue weighted by Gasteiger charge is -2.26. The summed E-state index contributed by atoms with van der Waals surface area (Å²) in [5, 5.41) is 20.9. The van der Waals surface area contributed by atoms with E-state index in [0.717, 1.165) is 5.56 Å². The first-order valence-electron chi connectivity index (χ1n) is 25.4. The summed E-state index contributed by atoms with van der Waals surface area (Å²) in [5.74, 6) is -0.884. The average Bonchev–Trinajstić information content (AvgIpc) is 3.40. The summed E-state index contributed by atoms with van der Waals surface area (Å²) in [4.78, 5) is 87.2. The van der Waals surface area contributed by atoms with E-state index in [1.54, 1.807) is 48.5 Å². The van der Waals surface area contributed by atoms with Crippen molar-refractivity contribution in [2.45, 2.75) is 97.1 Å². The standard InChI is InChI=1S/C34H44N4O5.C24H32N4O3/c1-25(2)21-31(34(41)37-29-17-11-6-12-18-29)38-33(40)30(19-20-35-22-32(39)28-15-9-5-10-16-28)36-26(3)23-42-43-24-27-13-7-4-8-14-27;1-17(2)15-21(24(31)27-19-11-7-4-8-12-19)28-23(30)20(25)13-14-26-16-22(29)18-9-5-3-6-10-18/h4-18,25-26,30-31,35-36H,19-24H2,1-3H3,(H,37,41)(H,38,40);3-12,17,20-21,26H,13-16,25H2,1-2H3,(H,27,31)(H,28,30)/t26?,30-,31-;20-,21-/m00/s1. The number of anilines is 2. The highest BCUT2D eigenvalue weighted by molar-refractivity contribution is 5.99. The Morgan fingerprint density at radius 3 is 1.32 bits per heavy atom. The number of Topliss-reactive ketones (excluding diaryl/α,β-unsaturated/α-hetero) is 2. The molecule has 5 atom stereocenters. The lowest BCUT2D eigenvalue weighted by atomic mass is 10.0. The second-order valence-electron chi connectivity index (χ2n) is 18.9. The van der Waals surface area contributed by atoms with E-state index in [1.165, 1.54) is 0 Å². The first-order chi connectivity index (χ1) is 35.7. The molecule has 0 aromatic heterocycles. The Morgan fingerprint density at radius 2 is 0.878 bits per heavy atom. The van der Waals surface area contributed by atoms with Gasteiger partial charge < -0.3 is 43.0 Å². The van der Waals surface area contributed by atoms with E-state index < -0.39 is 24.2 Å². The molecule has 4 amide bonds. The Balaban J connectivity index is 0.000000338. The number of carbonyl (C=O) groups excluding carboxylic acids is 6. The molecule has 0 heterocycles. The van der Waals surface area contributed by atoms with E-state index >= 15 is 0 Å². The second-order valence-corrected chi connectivity index (χ2v) is 18.9. The van der Waals surface area contributed by atoms with Crippen molar-refractivity contribution in [2.24, 2.45) is 17.6 Å². The van der Waals surface area contributed by atoms with Crippen LogP contribution >= 0.6 is 0 Å². The molecular weight excluding hydrogens is 937 g/mol. The zero-order valence-electron chi connectivity index (χ0n) is 43.4. The molecule has 396 valence electrons. The molecule has 0 aliphatic heterocycles. The van der Waals surface area contributed by atoms with Gasteiger partial charge in [-0.15, -0.1) is 0 Å². The first kappa shape index (κ1) is 59.6. The van der Waals surface area contributed by atoms with Crippen molar-refractivity contribution in [2.75, 3.05) is 43.4 Å². The van der Waals surface area contributed by atoms with Crippen molar-refractivity contribution >= 4 is 46.6 Å². The number of ketones is 2. The van der Waals surface area contributed by atoms with Crippen LogP contribution in [0.25, 0.3) is 0 Å². The lowest BCUT2D eigenvalue weighted by Crippen LogP contribution is -2.54. The molecule has 16 heteroatoms. The number of hydrogen-bond acceptors (Lipinski definition) is 12. The van der Waals surface area contributed by atoms with E-state index in [2.05, 4.69) is 37.2 Å². The number of para-hydroxylation sites is 2. The van der Waals surface area contributed by atoms with Crippen molar-refractivity contribution in [3.63, 3.8) is 0 Å². The van der Waals surface area contributed by atoms with Gasteiger partial charge in [0, 0.05) is 28.5 Å². The van der Waals surface area contributed by atoms with Gasteiger partial charge in [-0.2, -0.15) is 0 Å². The minimum Gasteiger partial charge on any atom is -0.343 e. The molecule has 0 aliphatic carbocycles. The van der Waals surface area contributed by atoms with Crippen LogP contribution in [0, 0.1) is 11.8 Å². The average molecular weight is 1010 g/mol. The second kappa shape index (κ2) is 33.7. The molecule has 0 radical (unpaired) electrons. The number of hydrogen-bond donors (Lipinski definition) is 8. The maximum atomic E-state index is 13.6. The fourth-order valence-corrected chi connectivity index (χ4v) is 7.47. The predicted molar refractivity (Wildman–Crippen MR) is 291 cm³/mol. The van der Waals surface area contributed by atoms with Crippen molar-refractivity contribution < 1.29 is 38.5 Å². The number of carbonyl (C=O) groups is 6. The summed E-state index contributed by atoms with van der Waals surface area (Å²) >= 11 is 0. The molecule has 5 aromatic rings. The van der Waals surface area contributed by atoms with Crippen molar-refractivity contribution in [1.29, 1.82) is 0 Å². The van der Waals surface area contributed by atoms with Gasteiger partial charge in [-0.25, -0.2) is 9.78 Å². The summed E-state index contributed by atoms with van der Waals surface area (Å²) < 4.78 is 0. The molecule has 0 spiro atoms. The van der Waals surface area contributed by atoms with Crippen LogP contribution in [0.5, 0.6) is 0 Å². The van der Waals surface area contributed by atoms with Crippen LogP contribution < -0.4 is 43.0 Å². The first-order valence-corrected chi connectivity index (χ1v) is 25.4. The summed E-state index contributed by atoms with van der Waals surface area (Å²) in [6.07, 6.45) is 1.72. The third-order valence-electron chi connectivity index (χ3n) is 11.4. The number of rotatable bonds is 31. The van der Waals surface area contributed by atoms with E-state index in [4.69, 9.17) is 15.5 Å². The molecule has 9 N–H and O–H groups in total. The molecule has 0 aliphatic rings. The normalized spacial score (nSPS) is 13.0. The minimum atomic E-state index is -0.779. The van der Waals surface area contributed by atoms with Gasteiger partial charge in [0.2, 0.25) is 23.6 Å². The summed E-state index contributed by atoms with van der Waals surface area (Å²) in [5.41, 5.74) is 9.60. The van der Waals surface area contributed by atoms with Gasteiger partial charge in [0.25, 0.3) is 0 Å². The lowest BCUT2D eigenvalue weighted by molar-refractivity contribution is -0.306. The van der Waals surface area contributed by atoms with Crippen molar-refractivity contribution in [1.82, 2.24) is 26.6 Å². The quantitative estimate of drug-likeness (QED) is 0.00986. The molecule has 1 unspecified atom stereocenters. The Bertz CT molecular complexity index is 2420. The molecule has 0 bridgehead atoms. The minimum absolute atomic E-state index is 0.0202. The van der Waals surface area contributed by atoms with E-state index in [9.17, 15) is 28.8 Å². The fourth-order valence-electron chi connectivity index (χ4n) is 7.47. The molecule has 5 aromatic carbocycles. The number of nitrogens with one attached hydrogen (secondary N) is 7. The molecule has 0 saturated carbocycles. The monoisotopic (exact) mass is 1010 g/mol. The zero-order chi connectivity index (χ0) is 53.5. The van der Waals surface area contributed by atoms with Crippen molar-refractivity contribution in [3.05, 3.63) is 168 Å². The summed E-state index contributed by atoms with van der Waals surface area (Å²) in [6.45, 7) is 11.6. The summed E-state index contributed by atoms with van der Waals surface area (Å²) in [7, 11) is 0. The Kier molecular flexibility index (Phi) is 27.2. The van der Waals surface area contributed by atoms with Crippen LogP contribution in [0.15, 0.2) is 152 Å². The Labute approximate surface area is 436 Å². The maximum absolute atomic E-state index is 13.6. The van der Waals surface area contributed by atoms with E-state index in [-0.39, 0.29) is 72.8 Å². The van der Waals surface area contributed by atoms with Crippen LogP contribution in [-0.2, 0) is 35.6 Å². The van der Waals surface area contributed by atoms with Gasteiger partial charge in [0.05, 0.1) is 31.8 Å². The van der Waals surface area contributed by atoms with Gasteiger partial charge in [-0.1, -0.05) is 155 Å². The van der Waals surface area contributed by atoms with E-state index in [0.29, 0.717) is 67.9 Å². The van der Waals surface area contributed by atoms with Crippen molar-refractivity contribution in [3.8, 4) is 0 Å². The van der Waals surface area contributed by atoms with Crippen LogP contribution in [-0.4, -0.2) is 98.2 Å². The highest BCUT2D eigenvalue weighted by Gasteiger charge is 2.28. The van der Waals surface area contributed by atoms with Gasteiger partial charge in [-0.3, -0.25) is 28.8 Å². The maximum Gasteiger partial charge on any atom is 0.246 e. The van der Waals surface area contributed by atoms with E-state index in [1.807, 2.05) is 138 Å². The molecule has 5 rings (SSSR count). The SMILES string of the molecule is CC(C)C[C@H](NC(=O)[C@@H](N)CCNCC(=O)c1ccccc1)C(=O)Nc1ccccc1.CC(C)C[C@H](NC(=O)[C@H](CCNCC(=O)c1ccccc1)NC(C)COOCc1ccccc1)C(=O)Nc1ccccc1. The Morgan fingerprint density at radius 1 is 0.473 bits per heavy atom. The van der Waals surface area contributed by atoms with Crippen LogP contribution in [0.1, 0.15) is 86.6 Å². The van der Waals surface area contributed by atoms with Gasteiger partial charge in [0.1, 0.15) is 18.7 Å². The third kappa shape index (κ3) is 23.7.